The molecule has 2 rings (SSSR count). The van der Waals surface area contributed by atoms with Gasteiger partial charge in [0.1, 0.15) is 0 Å². The van der Waals surface area contributed by atoms with Crippen LogP contribution in [0.1, 0.15) is 51.0 Å². The molecule has 1 aromatic carbocycles. The first-order valence-electron chi connectivity index (χ1n) is 8.50. The van der Waals surface area contributed by atoms with Crippen LogP contribution in [0.3, 0.4) is 0 Å². The van der Waals surface area contributed by atoms with Crippen molar-refractivity contribution in [1.82, 2.24) is 0 Å². The third-order valence-electron chi connectivity index (χ3n) is 4.01. The van der Waals surface area contributed by atoms with Crippen molar-refractivity contribution in [3.8, 4) is 0 Å². The van der Waals surface area contributed by atoms with E-state index in [-0.39, 0.29) is 0 Å². The van der Waals surface area contributed by atoms with Gasteiger partial charge in [0.25, 0.3) is 0 Å². The first-order chi connectivity index (χ1) is 10.4. The lowest BCUT2D eigenvalue weighted by Gasteiger charge is -2.28. The smallest absolute Gasteiger partial charge is 0.0466 e. The average molecular weight is 287 g/mol. The van der Waals surface area contributed by atoms with E-state index in [2.05, 4.69) is 48.2 Å². The van der Waals surface area contributed by atoms with Gasteiger partial charge in [-0.15, -0.1) is 0 Å². The maximum Gasteiger partial charge on any atom is 0.0466 e. The highest BCUT2D eigenvalue weighted by Crippen LogP contribution is 2.25. The van der Waals surface area contributed by atoms with E-state index < -0.39 is 0 Å². The average Bonchev–Trinajstić information content (AvgIpc) is 2.53. The fraction of sp³-hybridized carbons (Fsp3) is 0.579. The minimum Gasteiger partial charge on any atom is -0.381 e. The van der Waals surface area contributed by atoms with Crippen molar-refractivity contribution in [2.45, 2.75) is 45.4 Å². The molecule has 116 valence electrons. The van der Waals surface area contributed by atoms with E-state index in [0.29, 0.717) is 0 Å². The van der Waals surface area contributed by atoms with Gasteiger partial charge in [0.05, 0.1) is 0 Å². The molecule has 0 unspecified atom stereocenters. The maximum atomic E-state index is 5.60. The molecule has 21 heavy (non-hydrogen) atoms. The number of para-hydroxylation sites is 1. The molecular weight excluding hydrogens is 258 g/mol. The lowest BCUT2D eigenvalue weighted by Crippen LogP contribution is -2.26. The third-order valence-corrected chi connectivity index (χ3v) is 4.01. The molecule has 0 saturated heterocycles. The van der Waals surface area contributed by atoms with Gasteiger partial charge in [0.2, 0.25) is 0 Å². The summed E-state index contributed by atoms with van der Waals surface area (Å²) in [6, 6.07) is 8.69. The first-order valence-corrected chi connectivity index (χ1v) is 8.50. The van der Waals surface area contributed by atoms with E-state index in [1.807, 2.05) is 0 Å². The highest BCUT2D eigenvalue weighted by Gasteiger charge is 2.11. The zero-order chi connectivity index (χ0) is 14.8. The number of anilines is 1. The van der Waals surface area contributed by atoms with Crippen molar-refractivity contribution < 1.29 is 4.74 Å². The molecule has 0 atom stereocenters. The summed E-state index contributed by atoms with van der Waals surface area (Å²) in [6.07, 6.45) is 12.0. The lowest BCUT2D eigenvalue weighted by atomic mass is 10.1. The zero-order valence-corrected chi connectivity index (χ0v) is 13.4. The second-order valence-corrected chi connectivity index (χ2v) is 5.79. The van der Waals surface area contributed by atoms with Crippen molar-refractivity contribution >= 4 is 11.8 Å². The minimum absolute atomic E-state index is 0.938. The topological polar surface area (TPSA) is 12.5 Å². The van der Waals surface area contributed by atoms with E-state index in [0.717, 1.165) is 26.3 Å². The molecule has 1 heterocycles. The summed E-state index contributed by atoms with van der Waals surface area (Å²) in [7, 11) is 0. The Labute approximate surface area is 129 Å². The zero-order valence-electron chi connectivity index (χ0n) is 13.4. The van der Waals surface area contributed by atoms with Gasteiger partial charge in [-0.05, 0) is 30.9 Å². The van der Waals surface area contributed by atoms with E-state index >= 15 is 0 Å². The standard InChI is InChI=1S/C19H29NO/c1-2-3-16-21-17-9-5-4-8-14-20-15-10-12-18-11-6-7-13-19(18)20/h6-7,10-13H,2-5,8-9,14-17H2,1H3. The molecule has 2 heteroatoms. The summed E-state index contributed by atoms with van der Waals surface area (Å²) in [5.41, 5.74) is 2.75. The summed E-state index contributed by atoms with van der Waals surface area (Å²) in [5, 5.41) is 0. The Bertz CT molecular complexity index is 427. The van der Waals surface area contributed by atoms with Crippen LogP contribution < -0.4 is 4.90 Å². The monoisotopic (exact) mass is 287 g/mol. The Morgan fingerprint density at radius 2 is 1.81 bits per heavy atom. The van der Waals surface area contributed by atoms with Gasteiger partial charge in [0, 0.05) is 32.0 Å². The Balaban J connectivity index is 1.56. The van der Waals surface area contributed by atoms with Gasteiger partial charge in [-0.3, -0.25) is 0 Å². The van der Waals surface area contributed by atoms with Gasteiger partial charge in [-0.2, -0.15) is 0 Å². The number of ether oxygens (including phenoxy) is 1. The van der Waals surface area contributed by atoms with Crippen molar-refractivity contribution in [3.63, 3.8) is 0 Å². The predicted octanol–water partition coefficient (Wildman–Crippen LogP) is 4.90. The summed E-state index contributed by atoms with van der Waals surface area (Å²) < 4.78 is 5.60. The summed E-state index contributed by atoms with van der Waals surface area (Å²) in [4.78, 5) is 2.49. The SMILES string of the molecule is CCCCOCCCCCCN1CC=Cc2ccccc21. The van der Waals surface area contributed by atoms with E-state index in [4.69, 9.17) is 4.74 Å². The van der Waals surface area contributed by atoms with Gasteiger partial charge in [0.15, 0.2) is 0 Å². The van der Waals surface area contributed by atoms with Crippen LogP contribution in [0, 0.1) is 0 Å². The summed E-state index contributed by atoms with van der Waals surface area (Å²) in [6.45, 7) is 6.30. The molecule has 0 radical (unpaired) electrons. The molecule has 0 aliphatic carbocycles. The summed E-state index contributed by atoms with van der Waals surface area (Å²) in [5.74, 6) is 0. The van der Waals surface area contributed by atoms with Crippen LogP contribution in [0.25, 0.3) is 6.08 Å². The molecule has 0 amide bonds. The van der Waals surface area contributed by atoms with Crippen molar-refractivity contribution in [2.75, 3.05) is 31.2 Å². The second kappa shape index (κ2) is 9.62. The number of benzene rings is 1. The molecule has 0 saturated carbocycles. The van der Waals surface area contributed by atoms with Gasteiger partial charge in [-0.25, -0.2) is 0 Å². The van der Waals surface area contributed by atoms with Crippen molar-refractivity contribution in [3.05, 3.63) is 35.9 Å². The molecule has 2 nitrogen and oxygen atoms in total. The highest BCUT2D eigenvalue weighted by atomic mass is 16.5. The van der Waals surface area contributed by atoms with E-state index in [9.17, 15) is 0 Å². The van der Waals surface area contributed by atoms with Crippen LogP contribution in [0.2, 0.25) is 0 Å². The van der Waals surface area contributed by atoms with Crippen molar-refractivity contribution in [1.29, 1.82) is 0 Å². The van der Waals surface area contributed by atoms with Crippen LogP contribution >= 0.6 is 0 Å². The van der Waals surface area contributed by atoms with Gasteiger partial charge in [-0.1, -0.05) is 56.5 Å². The summed E-state index contributed by atoms with van der Waals surface area (Å²) >= 11 is 0. The predicted molar refractivity (Wildman–Crippen MR) is 91.9 cm³/mol. The van der Waals surface area contributed by atoms with Gasteiger partial charge >= 0.3 is 0 Å². The molecule has 0 bridgehead atoms. The van der Waals surface area contributed by atoms with E-state index in [1.54, 1.807) is 0 Å². The number of rotatable bonds is 10. The molecule has 1 aliphatic rings. The van der Waals surface area contributed by atoms with Crippen LogP contribution in [-0.2, 0) is 4.74 Å². The Kier molecular flexibility index (Phi) is 7.37. The quantitative estimate of drug-likeness (QED) is 0.568. The van der Waals surface area contributed by atoms with Gasteiger partial charge < -0.3 is 9.64 Å². The number of nitrogens with zero attached hydrogens (tertiary/aromatic N) is 1. The molecular formula is C19H29NO. The maximum absolute atomic E-state index is 5.60. The van der Waals surface area contributed by atoms with Crippen LogP contribution in [0.15, 0.2) is 30.3 Å². The number of fused-ring (bicyclic) bond motifs is 1. The number of hydrogen-bond acceptors (Lipinski definition) is 2. The molecule has 0 fully saturated rings. The normalized spacial score (nSPS) is 13.5. The minimum atomic E-state index is 0.938. The Hall–Kier alpha value is -1.28. The molecule has 1 aliphatic heterocycles. The first kappa shape index (κ1) is 16.1. The van der Waals surface area contributed by atoms with Crippen LogP contribution in [-0.4, -0.2) is 26.3 Å². The van der Waals surface area contributed by atoms with E-state index in [1.165, 1.54) is 49.8 Å². The Morgan fingerprint density at radius 3 is 2.71 bits per heavy atom. The fourth-order valence-corrected chi connectivity index (χ4v) is 2.74. The molecule has 1 aromatic rings. The highest BCUT2D eigenvalue weighted by molar-refractivity contribution is 5.71. The molecule has 0 aromatic heterocycles. The molecule has 0 N–H and O–H groups in total. The fourth-order valence-electron chi connectivity index (χ4n) is 2.74. The third kappa shape index (κ3) is 5.55. The van der Waals surface area contributed by atoms with Crippen LogP contribution in [0.4, 0.5) is 5.69 Å². The largest absolute Gasteiger partial charge is 0.381 e. The number of hydrogen-bond donors (Lipinski definition) is 0. The van der Waals surface area contributed by atoms with Crippen LogP contribution in [0.5, 0.6) is 0 Å². The van der Waals surface area contributed by atoms with Crippen molar-refractivity contribution in [2.24, 2.45) is 0 Å². The molecule has 0 spiro atoms. The Morgan fingerprint density at radius 1 is 1.00 bits per heavy atom. The number of unbranched alkanes of at least 4 members (excludes halogenated alkanes) is 4. The lowest BCUT2D eigenvalue weighted by molar-refractivity contribution is 0.127. The second-order valence-electron chi connectivity index (χ2n) is 5.79.